The molecule has 33 heavy (non-hydrogen) atoms. The standard InChI is InChI=1S/C22H30O7S2.2Na.2H/c1-2-3-4-5-6-7-8-9-13-18-19(15-12-17-21(18)30(23,24)25)29-20-14-10-11-16-22(20)31(26,27)28;;;;/h10-12,14-17H,2-9,13H2,1H3,(H,23,24,25)(H,26,27,28);;;;/q;2*+1;2*-1. The van der Waals surface area contributed by atoms with E-state index in [2.05, 4.69) is 6.92 Å². The maximum atomic E-state index is 11.9. The zero-order chi connectivity index (χ0) is 22.9. The van der Waals surface area contributed by atoms with E-state index < -0.39 is 25.1 Å². The molecule has 176 valence electrons. The summed E-state index contributed by atoms with van der Waals surface area (Å²) in [6.07, 6.45) is 8.88. The van der Waals surface area contributed by atoms with Gasteiger partial charge in [0.2, 0.25) is 0 Å². The van der Waals surface area contributed by atoms with Crippen molar-refractivity contribution in [3.8, 4) is 11.5 Å². The van der Waals surface area contributed by atoms with Crippen LogP contribution in [0.4, 0.5) is 0 Å². The van der Waals surface area contributed by atoms with Gasteiger partial charge in [-0.3, -0.25) is 9.11 Å². The number of hydrogen-bond acceptors (Lipinski definition) is 5. The van der Waals surface area contributed by atoms with Gasteiger partial charge < -0.3 is 7.59 Å². The van der Waals surface area contributed by atoms with Crippen LogP contribution >= 0.6 is 0 Å². The number of benzene rings is 2. The summed E-state index contributed by atoms with van der Waals surface area (Å²) in [5, 5.41) is 0. The molecule has 11 heteroatoms. The maximum absolute atomic E-state index is 11.9. The topological polar surface area (TPSA) is 118 Å². The largest absolute Gasteiger partial charge is 1.00 e. The number of ether oxygens (including phenoxy) is 1. The molecule has 0 saturated heterocycles. The summed E-state index contributed by atoms with van der Waals surface area (Å²) in [6.45, 7) is 2.17. The van der Waals surface area contributed by atoms with Gasteiger partial charge in [0.15, 0.2) is 0 Å². The van der Waals surface area contributed by atoms with E-state index in [1.54, 1.807) is 0 Å². The van der Waals surface area contributed by atoms with Crippen molar-refractivity contribution in [1.82, 2.24) is 0 Å². The van der Waals surface area contributed by atoms with Gasteiger partial charge in [0.25, 0.3) is 20.2 Å². The maximum Gasteiger partial charge on any atom is 1.00 e. The monoisotopic (exact) mass is 518 g/mol. The first-order valence-corrected chi connectivity index (χ1v) is 13.4. The third-order valence-electron chi connectivity index (χ3n) is 5.00. The van der Waals surface area contributed by atoms with Crippen molar-refractivity contribution in [2.45, 2.75) is 74.5 Å². The van der Waals surface area contributed by atoms with Crippen molar-refractivity contribution in [3.63, 3.8) is 0 Å². The Balaban J connectivity index is -0.00000256. The molecule has 2 rings (SSSR count). The van der Waals surface area contributed by atoms with Gasteiger partial charge in [-0.25, -0.2) is 0 Å². The Morgan fingerprint density at radius 2 is 1.18 bits per heavy atom. The molecule has 2 aromatic carbocycles. The van der Waals surface area contributed by atoms with Crippen LogP contribution in [0, 0.1) is 0 Å². The van der Waals surface area contributed by atoms with Crippen LogP contribution < -0.4 is 63.9 Å². The predicted octanol–water partition coefficient (Wildman–Crippen LogP) is -0.111. The Hall–Kier alpha value is 0.0600. The Morgan fingerprint density at radius 1 is 0.697 bits per heavy atom. The molecule has 0 amide bonds. The zero-order valence-corrected chi connectivity index (χ0v) is 25.3. The Kier molecular flexibility index (Phi) is 16.0. The van der Waals surface area contributed by atoms with Gasteiger partial charge in [-0.2, -0.15) is 16.8 Å². The summed E-state index contributed by atoms with van der Waals surface area (Å²) in [4.78, 5) is -0.692. The summed E-state index contributed by atoms with van der Waals surface area (Å²) >= 11 is 0. The van der Waals surface area contributed by atoms with E-state index in [0.29, 0.717) is 12.8 Å². The van der Waals surface area contributed by atoms with Gasteiger partial charge in [0.05, 0.1) is 0 Å². The van der Waals surface area contributed by atoms with E-state index in [9.17, 15) is 25.9 Å². The molecule has 0 atom stereocenters. The summed E-state index contributed by atoms with van der Waals surface area (Å²) < 4.78 is 71.8. The fraction of sp³-hybridized carbons (Fsp3) is 0.455. The van der Waals surface area contributed by atoms with Crippen LogP contribution in [-0.2, 0) is 26.7 Å². The molecule has 0 heterocycles. The van der Waals surface area contributed by atoms with E-state index in [0.717, 1.165) is 19.3 Å². The zero-order valence-electron chi connectivity index (χ0n) is 21.7. The first-order chi connectivity index (χ1) is 14.6. The van der Waals surface area contributed by atoms with Crippen molar-refractivity contribution in [2.75, 3.05) is 0 Å². The first kappa shape index (κ1) is 33.1. The van der Waals surface area contributed by atoms with Crippen molar-refractivity contribution < 1.29 is 92.6 Å². The molecule has 0 fully saturated rings. The van der Waals surface area contributed by atoms with Crippen LogP contribution in [-0.4, -0.2) is 25.9 Å². The minimum Gasteiger partial charge on any atom is -1.00 e. The van der Waals surface area contributed by atoms with Crippen LogP contribution in [0.3, 0.4) is 0 Å². The third-order valence-corrected chi connectivity index (χ3v) is 6.83. The quantitative estimate of drug-likeness (QED) is 0.216. The van der Waals surface area contributed by atoms with Crippen molar-refractivity contribution >= 4 is 20.2 Å². The van der Waals surface area contributed by atoms with Crippen molar-refractivity contribution in [2.24, 2.45) is 0 Å². The average molecular weight is 519 g/mol. The van der Waals surface area contributed by atoms with Crippen LogP contribution in [0.2, 0.25) is 0 Å². The van der Waals surface area contributed by atoms with Crippen molar-refractivity contribution in [1.29, 1.82) is 0 Å². The second-order valence-electron chi connectivity index (χ2n) is 7.46. The molecule has 0 bridgehead atoms. The van der Waals surface area contributed by atoms with E-state index in [1.807, 2.05) is 0 Å². The molecular formula is C22H32Na2O7S2. The fourth-order valence-electron chi connectivity index (χ4n) is 3.43. The second kappa shape index (κ2) is 15.9. The molecule has 0 unspecified atom stereocenters. The predicted molar refractivity (Wildman–Crippen MR) is 121 cm³/mol. The van der Waals surface area contributed by atoms with Gasteiger partial charge in [-0.15, -0.1) is 0 Å². The summed E-state index contributed by atoms with van der Waals surface area (Å²) in [7, 11) is -9.02. The van der Waals surface area contributed by atoms with Gasteiger partial charge in [0, 0.05) is 5.56 Å². The van der Waals surface area contributed by atoms with Crippen LogP contribution in [0.5, 0.6) is 11.5 Å². The molecule has 7 nitrogen and oxygen atoms in total. The Labute approximate surface area is 244 Å². The number of para-hydroxylation sites is 1. The molecule has 0 saturated carbocycles. The molecule has 0 aliphatic carbocycles. The van der Waals surface area contributed by atoms with E-state index >= 15 is 0 Å². The molecule has 2 aromatic rings. The minimum atomic E-state index is -4.53. The fourth-order valence-corrected chi connectivity index (χ4v) is 4.81. The van der Waals surface area contributed by atoms with Crippen LogP contribution in [0.15, 0.2) is 52.3 Å². The Bertz CT molecular complexity index is 1080. The van der Waals surface area contributed by atoms with Gasteiger partial charge in [-0.1, -0.05) is 70.1 Å². The van der Waals surface area contributed by atoms with E-state index in [4.69, 9.17) is 4.74 Å². The minimum absolute atomic E-state index is 0. The summed E-state index contributed by atoms with van der Waals surface area (Å²) in [5.74, 6) is -0.0103. The second-order valence-corrected chi connectivity index (χ2v) is 10.2. The molecule has 2 N–H and O–H groups in total. The van der Waals surface area contributed by atoms with Crippen LogP contribution in [0.25, 0.3) is 0 Å². The smallest absolute Gasteiger partial charge is 1.00 e. The number of unbranched alkanes of at least 4 members (excludes halogenated alkanes) is 7. The Morgan fingerprint density at radius 3 is 1.76 bits per heavy atom. The molecule has 0 aliphatic rings. The van der Waals surface area contributed by atoms with Crippen LogP contribution in [0.1, 0.15) is 66.7 Å². The summed E-state index contributed by atoms with van der Waals surface area (Å²) in [5.41, 5.74) is 0.279. The molecule has 0 aromatic heterocycles. The van der Waals surface area contributed by atoms with E-state index in [1.165, 1.54) is 68.1 Å². The normalized spacial score (nSPS) is 11.4. The van der Waals surface area contributed by atoms with Crippen molar-refractivity contribution in [3.05, 3.63) is 48.0 Å². The first-order valence-electron chi connectivity index (χ1n) is 10.5. The average Bonchev–Trinajstić information content (AvgIpc) is 2.69. The molecule has 0 radical (unpaired) electrons. The number of hydrogen-bond donors (Lipinski definition) is 2. The van der Waals surface area contributed by atoms with Gasteiger partial charge >= 0.3 is 59.1 Å². The van der Waals surface area contributed by atoms with Gasteiger partial charge in [-0.05, 0) is 37.1 Å². The molecule has 0 aliphatic heterocycles. The van der Waals surface area contributed by atoms with Gasteiger partial charge in [0.1, 0.15) is 21.3 Å². The van der Waals surface area contributed by atoms with E-state index in [-0.39, 0.29) is 83.9 Å². The molecular weight excluding hydrogens is 486 g/mol. The summed E-state index contributed by atoms with van der Waals surface area (Å²) in [6, 6.07) is 9.73. The third kappa shape index (κ3) is 11.1. The molecule has 0 spiro atoms. The SMILES string of the molecule is CCCCCCCCCCc1c(Oc2ccccc2S(=O)(=O)O)cccc1S(=O)(=O)O.[H-].[H-].[Na+].[Na+]. The number of rotatable bonds is 13.